The summed E-state index contributed by atoms with van der Waals surface area (Å²) in [6.07, 6.45) is 3.03. The SMILES string of the molecule is O=C=Nc1ccc2cc3cc4ccccc4cc3cc2c1N=C=O. The Kier molecular flexibility index (Phi) is 3.25. The average Bonchev–Trinajstić information content (AvgIpc) is 2.60. The molecule has 0 aromatic heterocycles. The van der Waals surface area contributed by atoms with Crippen molar-refractivity contribution < 1.29 is 9.59 Å². The van der Waals surface area contributed by atoms with Gasteiger partial charge in [-0.2, -0.15) is 9.98 Å². The molecular formula is C20H10N2O2. The molecule has 4 aromatic carbocycles. The summed E-state index contributed by atoms with van der Waals surface area (Å²) in [5, 5.41) is 6.07. The molecule has 4 aromatic rings. The molecule has 0 radical (unpaired) electrons. The molecule has 112 valence electrons. The van der Waals surface area contributed by atoms with Crippen molar-refractivity contribution in [3.8, 4) is 0 Å². The van der Waals surface area contributed by atoms with E-state index in [9.17, 15) is 9.59 Å². The van der Waals surface area contributed by atoms with Crippen LogP contribution in [0.5, 0.6) is 0 Å². The number of hydrogen-bond acceptors (Lipinski definition) is 4. The molecule has 0 atom stereocenters. The van der Waals surface area contributed by atoms with Crippen LogP contribution in [0.2, 0.25) is 0 Å². The summed E-state index contributed by atoms with van der Waals surface area (Å²) in [6.45, 7) is 0. The van der Waals surface area contributed by atoms with Crippen LogP contribution in [-0.2, 0) is 9.59 Å². The molecule has 0 aliphatic heterocycles. The number of rotatable bonds is 2. The van der Waals surface area contributed by atoms with Gasteiger partial charge in [-0.05, 0) is 57.3 Å². The van der Waals surface area contributed by atoms with Gasteiger partial charge in [0.25, 0.3) is 0 Å². The monoisotopic (exact) mass is 310 g/mol. The van der Waals surface area contributed by atoms with Gasteiger partial charge in [0.2, 0.25) is 12.2 Å². The molecule has 4 nitrogen and oxygen atoms in total. The van der Waals surface area contributed by atoms with Gasteiger partial charge in [-0.1, -0.05) is 30.3 Å². The van der Waals surface area contributed by atoms with E-state index in [1.54, 1.807) is 6.07 Å². The number of carbonyl (C=O) groups excluding carboxylic acids is 2. The lowest BCUT2D eigenvalue weighted by Crippen LogP contribution is -1.80. The highest BCUT2D eigenvalue weighted by Crippen LogP contribution is 2.38. The van der Waals surface area contributed by atoms with Crippen LogP contribution < -0.4 is 0 Å². The molecule has 4 rings (SSSR count). The maximum absolute atomic E-state index is 10.8. The maximum atomic E-state index is 10.8. The summed E-state index contributed by atoms with van der Waals surface area (Å²) in [6, 6.07) is 19.8. The fraction of sp³-hybridized carbons (Fsp3) is 0. The zero-order chi connectivity index (χ0) is 16.5. The fourth-order valence-corrected chi connectivity index (χ4v) is 3.04. The Morgan fingerprint density at radius 3 is 1.92 bits per heavy atom. The van der Waals surface area contributed by atoms with Gasteiger partial charge in [0.1, 0.15) is 11.4 Å². The Bertz CT molecular complexity index is 1210. The van der Waals surface area contributed by atoms with E-state index in [0.717, 1.165) is 32.3 Å². The predicted molar refractivity (Wildman–Crippen MR) is 94.5 cm³/mol. The van der Waals surface area contributed by atoms with Crippen LogP contribution >= 0.6 is 0 Å². The van der Waals surface area contributed by atoms with Crippen LogP contribution in [0.25, 0.3) is 32.3 Å². The zero-order valence-corrected chi connectivity index (χ0v) is 12.5. The van der Waals surface area contributed by atoms with E-state index in [-0.39, 0.29) is 0 Å². The lowest BCUT2D eigenvalue weighted by atomic mass is 9.98. The third kappa shape index (κ3) is 2.20. The summed E-state index contributed by atoms with van der Waals surface area (Å²) in [5.74, 6) is 0. The average molecular weight is 310 g/mol. The number of fused-ring (bicyclic) bond motifs is 3. The number of benzene rings is 4. The Morgan fingerprint density at radius 1 is 0.625 bits per heavy atom. The molecule has 0 heterocycles. The van der Waals surface area contributed by atoms with Gasteiger partial charge in [0.15, 0.2) is 0 Å². The quantitative estimate of drug-likeness (QED) is 0.294. The molecule has 0 fully saturated rings. The number of aliphatic imine (C=N–C) groups is 2. The molecule has 0 saturated heterocycles. The molecule has 0 saturated carbocycles. The first kappa shape index (κ1) is 14.0. The van der Waals surface area contributed by atoms with Gasteiger partial charge in [-0.3, -0.25) is 0 Å². The molecule has 24 heavy (non-hydrogen) atoms. The minimum atomic E-state index is 0.306. The molecule has 0 N–H and O–H groups in total. The maximum Gasteiger partial charge on any atom is 0.240 e. The molecular weight excluding hydrogens is 300 g/mol. The van der Waals surface area contributed by atoms with Crippen molar-refractivity contribution in [2.24, 2.45) is 9.98 Å². The lowest BCUT2D eigenvalue weighted by Gasteiger charge is -2.08. The topological polar surface area (TPSA) is 58.9 Å². The molecule has 0 aliphatic rings. The second-order valence-electron chi connectivity index (χ2n) is 5.46. The first-order valence-corrected chi connectivity index (χ1v) is 7.35. The van der Waals surface area contributed by atoms with E-state index in [1.807, 2.05) is 30.3 Å². The third-order valence-corrected chi connectivity index (χ3v) is 4.12. The number of nitrogens with zero attached hydrogens (tertiary/aromatic N) is 2. The van der Waals surface area contributed by atoms with Gasteiger partial charge >= 0.3 is 0 Å². The Labute approximate surface area is 136 Å². The smallest absolute Gasteiger partial charge is 0.211 e. The minimum absolute atomic E-state index is 0.306. The van der Waals surface area contributed by atoms with E-state index in [2.05, 4.69) is 34.3 Å². The van der Waals surface area contributed by atoms with Crippen molar-refractivity contribution in [2.75, 3.05) is 0 Å². The van der Waals surface area contributed by atoms with Crippen molar-refractivity contribution in [1.82, 2.24) is 0 Å². The van der Waals surface area contributed by atoms with Crippen molar-refractivity contribution in [3.05, 3.63) is 60.7 Å². The van der Waals surface area contributed by atoms with Crippen LogP contribution in [-0.4, -0.2) is 12.2 Å². The summed E-state index contributed by atoms with van der Waals surface area (Å²) < 4.78 is 0. The second-order valence-corrected chi connectivity index (χ2v) is 5.46. The molecule has 0 bridgehead atoms. The van der Waals surface area contributed by atoms with Gasteiger partial charge in [-0.15, -0.1) is 0 Å². The van der Waals surface area contributed by atoms with Crippen LogP contribution in [0.3, 0.4) is 0 Å². The minimum Gasteiger partial charge on any atom is -0.211 e. The Balaban J connectivity index is 2.15. The highest BCUT2D eigenvalue weighted by Gasteiger charge is 2.09. The lowest BCUT2D eigenvalue weighted by molar-refractivity contribution is 0.564. The molecule has 0 unspecified atom stereocenters. The third-order valence-electron chi connectivity index (χ3n) is 4.12. The molecule has 0 spiro atoms. The molecule has 0 aliphatic carbocycles. The number of isocyanates is 2. The Morgan fingerprint density at radius 2 is 1.25 bits per heavy atom. The summed E-state index contributed by atoms with van der Waals surface area (Å²) in [4.78, 5) is 28.7. The molecule has 0 amide bonds. The standard InChI is InChI=1S/C20H10N2O2/c23-11-21-19-6-5-15-9-16-7-13-3-1-2-4-14(13)8-17(16)10-18(15)20(19)22-12-24/h1-10H. The zero-order valence-electron chi connectivity index (χ0n) is 12.5. The first-order chi connectivity index (χ1) is 11.8. The van der Waals surface area contributed by atoms with Crippen molar-refractivity contribution in [3.63, 3.8) is 0 Å². The van der Waals surface area contributed by atoms with Crippen LogP contribution in [0.4, 0.5) is 11.4 Å². The van der Waals surface area contributed by atoms with Gasteiger partial charge in [-0.25, -0.2) is 9.59 Å². The van der Waals surface area contributed by atoms with Crippen LogP contribution in [0.15, 0.2) is 70.6 Å². The van der Waals surface area contributed by atoms with E-state index in [4.69, 9.17) is 0 Å². The van der Waals surface area contributed by atoms with Crippen LogP contribution in [0, 0.1) is 0 Å². The van der Waals surface area contributed by atoms with Gasteiger partial charge in [0.05, 0.1) is 0 Å². The summed E-state index contributed by atoms with van der Waals surface area (Å²) in [7, 11) is 0. The highest BCUT2D eigenvalue weighted by molar-refractivity contribution is 6.09. The van der Waals surface area contributed by atoms with Crippen molar-refractivity contribution in [2.45, 2.75) is 0 Å². The molecule has 4 heteroatoms. The largest absolute Gasteiger partial charge is 0.240 e. The van der Waals surface area contributed by atoms with E-state index < -0.39 is 0 Å². The van der Waals surface area contributed by atoms with Gasteiger partial charge < -0.3 is 0 Å². The van der Waals surface area contributed by atoms with E-state index in [1.165, 1.54) is 12.2 Å². The van der Waals surface area contributed by atoms with E-state index >= 15 is 0 Å². The predicted octanol–water partition coefficient (Wildman–Crippen LogP) is 5.08. The second kappa shape index (κ2) is 5.56. The van der Waals surface area contributed by atoms with Crippen molar-refractivity contribution in [1.29, 1.82) is 0 Å². The van der Waals surface area contributed by atoms with E-state index in [0.29, 0.717) is 11.4 Å². The van der Waals surface area contributed by atoms with Gasteiger partial charge in [0, 0.05) is 5.39 Å². The highest BCUT2D eigenvalue weighted by atomic mass is 16.1. The van der Waals surface area contributed by atoms with Crippen LogP contribution in [0.1, 0.15) is 0 Å². The fourth-order valence-electron chi connectivity index (χ4n) is 3.04. The normalized spacial score (nSPS) is 10.5. The summed E-state index contributed by atoms with van der Waals surface area (Å²) >= 11 is 0. The summed E-state index contributed by atoms with van der Waals surface area (Å²) in [5.41, 5.74) is 0.641. The first-order valence-electron chi connectivity index (χ1n) is 7.35. The number of hydrogen-bond donors (Lipinski definition) is 0. The Hall–Kier alpha value is -3.58. The van der Waals surface area contributed by atoms with Crippen molar-refractivity contribution >= 4 is 55.9 Å².